The summed E-state index contributed by atoms with van der Waals surface area (Å²) in [6.07, 6.45) is 5.40. The highest BCUT2D eigenvalue weighted by atomic mass is 32.2. The Balaban J connectivity index is 2.01. The summed E-state index contributed by atoms with van der Waals surface area (Å²) in [6, 6.07) is 10.2. The summed E-state index contributed by atoms with van der Waals surface area (Å²) in [4.78, 5) is 13.0. The molecule has 0 bridgehead atoms. The van der Waals surface area contributed by atoms with Gasteiger partial charge in [-0.1, -0.05) is 48.4 Å². The molecule has 2 rings (SSSR count). The zero-order valence-corrected chi connectivity index (χ0v) is 16.7. The third-order valence-corrected chi connectivity index (χ3v) is 6.31. The van der Waals surface area contributed by atoms with Crippen molar-refractivity contribution in [3.05, 3.63) is 63.7 Å². The van der Waals surface area contributed by atoms with Crippen molar-refractivity contribution in [2.24, 2.45) is 5.92 Å². The molecule has 1 unspecified atom stereocenters. The van der Waals surface area contributed by atoms with Crippen molar-refractivity contribution in [3.8, 4) is 0 Å². The second-order valence-electron chi connectivity index (χ2n) is 7.48. The fourth-order valence-corrected chi connectivity index (χ4v) is 4.52. The number of hydrogen-bond acceptors (Lipinski definition) is 4. The molecule has 0 amide bonds. The molecule has 1 aromatic carbocycles. The Kier molecular flexibility index (Phi) is 7.47. The first-order valence-corrected chi connectivity index (χ1v) is 10.2. The molecule has 0 spiro atoms. The Bertz CT molecular complexity index is 667. The minimum Gasteiger partial charge on any atom is -0.389 e. The van der Waals surface area contributed by atoms with Gasteiger partial charge in [0.05, 0.1) is 6.10 Å². The lowest BCUT2D eigenvalue weighted by Crippen LogP contribution is -2.46. The van der Waals surface area contributed by atoms with Crippen LogP contribution in [0.1, 0.15) is 46.5 Å². The van der Waals surface area contributed by atoms with Gasteiger partial charge in [0.15, 0.2) is 0 Å². The summed E-state index contributed by atoms with van der Waals surface area (Å²) < 4.78 is 0. The molecule has 0 radical (unpaired) electrons. The van der Waals surface area contributed by atoms with E-state index in [1.807, 2.05) is 39.0 Å². The van der Waals surface area contributed by atoms with Crippen LogP contribution < -0.4 is 0 Å². The highest BCUT2D eigenvalue weighted by molar-refractivity contribution is 7.99. The number of aliphatic hydroxyl groups is 1. The molecular formula is C21H29NO3S. The van der Waals surface area contributed by atoms with Crippen molar-refractivity contribution < 1.29 is 10.0 Å². The predicted octanol–water partition coefficient (Wildman–Crippen LogP) is 5.26. The second-order valence-corrected chi connectivity index (χ2v) is 8.53. The van der Waals surface area contributed by atoms with E-state index in [4.69, 9.17) is 0 Å². The van der Waals surface area contributed by atoms with Crippen LogP contribution in [0.4, 0.5) is 0 Å². The highest BCUT2D eigenvalue weighted by Crippen LogP contribution is 2.39. The molecule has 5 heteroatoms. The van der Waals surface area contributed by atoms with Crippen molar-refractivity contribution in [2.75, 3.05) is 5.75 Å². The number of hydrogen-bond donors (Lipinski definition) is 1. The summed E-state index contributed by atoms with van der Waals surface area (Å²) in [5.41, 5.74) is 1.36. The molecule has 4 nitrogen and oxygen atoms in total. The van der Waals surface area contributed by atoms with Gasteiger partial charge in [-0.15, -0.1) is 11.8 Å². The lowest BCUT2D eigenvalue weighted by Gasteiger charge is -2.34. The standard InChI is InChI=1S/C21H29NO3S/c1-16(2)13-19(23)14-17(3)21(22(24)25)11-9-18(10-12-21)15-26-20-7-5-4-6-8-20/h4-9,13,17,19,23H,10-12,14-15H2,1-3H3/t17-,19+,21?/m0/s1. The molecule has 0 aromatic heterocycles. The largest absolute Gasteiger partial charge is 0.389 e. The van der Waals surface area contributed by atoms with Crippen LogP contribution in [0.25, 0.3) is 0 Å². The highest BCUT2D eigenvalue weighted by Gasteiger charge is 2.48. The van der Waals surface area contributed by atoms with Gasteiger partial charge in [-0.3, -0.25) is 10.1 Å². The summed E-state index contributed by atoms with van der Waals surface area (Å²) in [5.74, 6) is 0.703. The Labute approximate surface area is 160 Å². The van der Waals surface area contributed by atoms with Gasteiger partial charge in [0.2, 0.25) is 5.54 Å². The van der Waals surface area contributed by atoms with E-state index in [9.17, 15) is 15.2 Å². The number of nitrogens with zero attached hydrogens (tertiary/aromatic N) is 1. The number of benzene rings is 1. The van der Waals surface area contributed by atoms with Crippen LogP contribution in [0, 0.1) is 16.0 Å². The van der Waals surface area contributed by atoms with Crippen LogP contribution >= 0.6 is 11.8 Å². The molecule has 3 atom stereocenters. The summed E-state index contributed by atoms with van der Waals surface area (Å²) >= 11 is 1.78. The van der Waals surface area contributed by atoms with Crippen molar-refractivity contribution >= 4 is 11.8 Å². The average Bonchev–Trinajstić information content (AvgIpc) is 2.60. The SMILES string of the molecule is CC(C)=C[C@@H](O)C[C@H](C)C1([N+](=O)[O-])CC=C(CSc2ccccc2)CC1. The first-order chi connectivity index (χ1) is 12.3. The first-order valence-electron chi connectivity index (χ1n) is 9.17. The van der Waals surface area contributed by atoms with Crippen molar-refractivity contribution in [3.63, 3.8) is 0 Å². The zero-order chi connectivity index (χ0) is 19.2. The number of aliphatic hydroxyl groups excluding tert-OH is 1. The lowest BCUT2D eigenvalue weighted by atomic mass is 9.73. The van der Waals surface area contributed by atoms with Crippen LogP contribution in [0.3, 0.4) is 0 Å². The molecule has 0 saturated heterocycles. The molecule has 26 heavy (non-hydrogen) atoms. The topological polar surface area (TPSA) is 63.4 Å². The number of nitro groups is 1. The molecule has 0 fully saturated rings. The molecule has 1 aliphatic carbocycles. The second kappa shape index (κ2) is 9.38. The van der Waals surface area contributed by atoms with Crippen molar-refractivity contribution in [1.29, 1.82) is 0 Å². The summed E-state index contributed by atoms with van der Waals surface area (Å²) in [5, 5.41) is 22.0. The van der Waals surface area contributed by atoms with E-state index in [0.29, 0.717) is 19.3 Å². The zero-order valence-electron chi connectivity index (χ0n) is 15.9. The van der Waals surface area contributed by atoms with Crippen molar-refractivity contribution in [1.82, 2.24) is 0 Å². The molecule has 1 N–H and O–H groups in total. The number of rotatable bonds is 8. The summed E-state index contributed by atoms with van der Waals surface area (Å²) in [6.45, 7) is 5.76. The van der Waals surface area contributed by atoms with Gasteiger partial charge < -0.3 is 5.11 Å². The van der Waals surface area contributed by atoms with E-state index in [1.54, 1.807) is 17.8 Å². The van der Waals surface area contributed by atoms with Gasteiger partial charge in [0.1, 0.15) is 0 Å². The van der Waals surface area contributed by atoms with Gasteiger partial charge in [0.25, 0.3) is 0 Å². The molecule has 0 aliphatic heterocycles. The van der Waals surface area contributed by atoms with Crippen LogP contribution in [0.5, 0.6) is 0 Å². The van der Waals surface area contributed by atoms with Crippen LogP contribution in [-0.4, -0.2) is 27.4 Å². The Morgan fingerprint density at radius 3 is 2.62 bits per heavy atom. The minimum absolute atomic E-state index is 0.107. The third kappa shape index (κ3) is 5.45. The van der Waals surface area contributed by atoms with Gasteiger partial charge in [-0.2, -0.15) is 0 Å². The van der Waals surface area contributed by atoms with Crippen LogP contribution in [0.2, 0.25) is 0 Å². The maximum Gasteiger partial charge on any atom is 0.228 e. The Morgan fingerprint density at radius 1 is 1.38 bits per heavy atom. The number of thioether (sulfide) groups is 1. The van der Waals surface area contributed by atoms with E-state index >= 15 is 0 Å². The smallest absolute Gasteiger partial charge is 0.228 e. The van der Waals surface area contributed by atoms with Crippen LogP contribution in [0.15, 0.2) is 58.5 Å². The van der Waals surface area contributed by atoms with Gasteiger partial charge in [0, 0.05) is 34.3 Å². The minimum atomic E-state index is -0.961. The third-order valence-electron chi connectivity index (χ3n) is 5.19. The predicted molar refractivity (Wildman–Crippen MR) is 108 cm³/mol. The van der Waals surface area contributed by atoms with Gasteiger partial charge in [-0.05, 0) is 38.8 Å². The fourth-order valence-electron chi connectivity index (χ4n) is 3.55. The molecule has 142 valence electrons. The van der Waals surface area contributed by atoms with Crippen molar-refractivity contribution in [2.45, 2.75) is 63.0 Å². The van der Waals surface area contributed by atoms with E-state index in [0.717, 1.165) is 17.7 Å². The van der Waals surface area contributed by atoms with E-state index in [-0.39, 0.29) is 10.8 Å². The molecule has 0 saturated carbocycles. The van der Waals surface area contributed by atoms with E-state index in [1.165, 1.54) is 10.5 Å². The lowest BCUT2D eigenvalue weighted by molar-refractivity contribution is -0.582. The normalized spacial score (nSPS) is 22.2. The molecule has 0 heterocycles. The molecule has 1 aromatic rings. The van der Waals surface area contributed by atoms with Crippen LogP contribution in [-0.2, 0) is 0 Å². The number of allylic oxidation sites excluding steroid dienone is 1. The Hall–Kier alpha value is -1.59. The maximum atomic E-state index is 11.9. The first kappa shape index (κ1) is 20.7. The Morgan fingerprint density at radius 2 is 2.08 bits per heavy atom. The maximum absolute atomic E-state index is 11.9. The van der Waals surface area contributed by atoms with E-state index < -0.39 is 11.6 Å². The quantitative estimate of drug-likeness (QED) is 0.291. The monoisotopic (exact) mass is 375 g/mol. The summed E-state index contributed by atoms with van der Waals surface area (Å²) in [7, 11) is 0. The van der Waals surface area contributed by atoms with Gasteiger partial charge >= 0.3 is 0 Å². The molecule has 1 aliphatic rings. The van der Waals surface area contributed by atoms with Gasteiger partial charge in [-0.25, -0.2) is 0 Å². The fraction of sp³-hybridized carbons (Fsp3) is 0.524. The molecular weight excluding hydrogens is 346 g/mol. The van der Waals surface area contributed by atoms with E-state index in [2.05, 4.69) is 18.2 Å². The average molecular weight is 376 g/mol.